The van der Waals surface area contributed by atoms with Crippen molar-refractivity contribution in [1.82, 2.24) is 5.32 Å². The molecule has 0 atom stereocenters. The number of nitrogens with zero attached hydrogens (tertiary/aromatic N) is 1. The van der Waals surface area contributed by atoms with Crippen LogP contribution >= 0.6 is 0 Å². The van der Waals surface area contributed by atoms with Crippen LogP contribution in [-0.2, 0) is 4.79 Å². The zero-order chi connectivity index (χ0) is 10.3. The average molecular weight is 182 g/mol. The Labute approximate surface area is 79.9 Å². The molecule has 3 heteroatoms. The first-order valence-electron chi connectivity index (χ1n) is 4.70. The quantitative estimate of drug-likeness (QED) is 0.664. The van der Waals surface area contributed by atoms with E-state index in [2.05, 4.69) is 10.3 Å². The summed E-state index contributed by atoms with van der Waals surface area (Å²) in [6, 6.07) is 0. The normalized spacial score (nSPS) is 14.8. The van der Waals surface area contributed by atoms with Gasteiger partial charge in [0.1, 0.15) is 5.82 Å². The summed E-state index contributed by atoms with van der Waals surface area (Å²) in [5, 5.41) is 2.65. The van der Waals surface area contributed by atoms with Crippen LogP contribution in [0.3, 0.4) is 0 Å². The molecule has 0 spiro atoms. The van der Waals surface area contributed by atoms with Gasteiger partial charge in [0.2, 0.25) is 5.91 Å². The van der Waals surface area contributed by atoms with Crippen LogP contribution in [0.5, 0.6) is 0 Å². The topological polar surface area (TPSA) is 41.5 Å². The summed E-state index contributed by atoms with van der Waals surface area (Å²) in [6.45, 7) is 7.45. The molecule has 0 fully saturated rings. The van der Waals surface area contributed by atoms with E-state index in [4.69, 9.17) is 0 Å². The van der Waals surface area contributed by atoms with Gasteiger partial charge >= 0.3 is 0 Å². The highest BCUT2D eigenvalue weighted by atomic mass is 16.1. The minimum absolute atomic E-state index is 0.0605. The molecule has 0 aliphatic carbocycles. The summed E-state index contributed by atoms with van der Waals surface area (Å²) in [4.78, 5) is 14.8. The third-order valence-corrected chi connectivity index (χ3v) is 1.46. The van der Waals surface area contributed by atoms with E-state index in [0.29, 0.717) is 5.82 Å². The molecule has 13 heavy (non-hydrogen) atoms. The predicted molar refractivity (Wildman–Crippen MR) is 55.6 cm³/mol. The minimum atomic E-state index is -0.0605. The molecule has 0 aromatic carbocycles. The van der Waals surface area contributed by atoms with Crippen LogP contribution in [-0.4, -0.2) is 11.6 Å². The van der Waals surface area contributed by atoms with E-state index in [9.17, 15) is 4.79 Å². The highest BCUT2D eigenvalue weighted by molar-refractivity contribution is 5.84. The Hall–Kier alpha value is -1.12. The van der Waals surface area contributed by atoms with E-state index >= 15 is 0 Å². The van der Waals surface area contributed by atoms with Crippen LogP contribution in [0.25, 0.3) is 0 Å². The molecule has 0 saturated heterocycles. The molecule has 1 aliphatic heterocycles. The van der Waals surface area contributed by atoms with Crippen molar-refractivity contribution in [3.05, 3.63) is 11.9 Å². The van der Waals surface area contributed by atoms with Gasteiger partial charge in [-0.2, -0.15) is 0 Å². The van der Waals surface area contributed by atoms with Gasteiger partial charge in [-0.15, -0.1) is 0 Å². The summed E-state index contributed by atoms with van der Waals surface area (Å²) < 4.78 is 0. The van der Waals surface area contributed by atoms with Crippen molar-refractivity contribution in [2.45, 2.75) is 40.5 Å². The molecule has 0 aromatic heterocycles. The molecule has 3 nitrogen and oxygen atoms in total. The lowest BCUT2D eigenvalue weighted by molar-refractivity contribution is -0.118. The van der Waals surface area contributed by atoms with E-state index in [0.717, 1.165) is 18.6 Å². The van der Waals surface area contributed by atoms with Crippen molar-refractivity contribution in [1.29, 1.82) is 0 Å². The number of amides is 1. The Kier molecular flexibility index (Phi) is 5.85. The third-order valence-electron chi connectivity index (χ3n) is 1.46. The van der Waals surface area contributed by atoms with E-state index in [1.54, 1.807) is 0 Å². The molecule has 1 aliphatic rings. The monoisotopic (exact) mass is 182 g/mol. The molecule has 0 radical (unpaired) electrons. The van der Waals surface area contributed by atoms with Crippen molar-refractivity contribution in [2.75, 3.05) is 0 Å². The summed E-state index contributed by atoms with van der Waals surface area (Å²) in [5.74, 6) is 0.635. The average Bonchev–Trinajstić information content (AvgIpc) is 2.06. The van der Waals surface area contributed by atoms with Crippen molar-refractivity contribution in [2.24, 2.45) is 4.99 Å². The summed E-state index contributed by atoms with van der Waals surface area (Å²) >= 11 is 0. The second kappa shape index (κ2) is 6.40. The van der Waals surface area contributed by atoms with E-state index in [1.165, 1.54) is 6.92 Å². The SMILES string of the molecule is CC.CC(=O)NC1=CCCC(C)=N1. The van der Waals surface area contributed by atoms with Crippen LogP contribution in [0.2, 0.25) is 0 Å². The summed E-state index contributed by atoms with van der Waals surface area (Å²) in [6.07, 6.45) is 3.92. The zero-order valence-electron chi connectivity index (χ0n) is 8.85. The van der Waals surface area contributed by atoms with Gasteiger partial charge in [-0.1, -0.05) is 13.8 Å². The van der Waals surface area contributed by atoms with Crippen LogP contribution in [0.1, 0.15) is 40.5 Å². The number of allylic oxidation sites excluding steroid dienone is 1. The largest absolute Gasteiger partial charge is 0.311 e. The van der Waals surface area contributed by atoms with Gasteiger partial charge in [-0.25, -0.2) is 4.99 Å². The minimum Gasteiger partial charge on any atom is -0.311 e. The number of rotatable bonds is 1. The first-order valence-corrected chi connectivity index (χ1v) is 4.70. The summed E-state index contributed by atoms with van der Waals surface area (Å²) in [7, 11) is 0. The molecular formula is C10H18N2O. The standard InChI is InChI=1S/C8H12N2O.C2H6/c1-6-4-3-5-8(9-6)10-7(2)11;1-2/h5H,3-4H2,1-2H3,(H,10,11);1-2H3. The maximum Gasteiger partial charge on any atom is 0.222 e. The molecular weight excluding hydrogens is 164 g/mol. The Morgan fingerprint density at radius 3 is 2.62 bits per heavy atom. The Morgan fingerprint density at radius 2 is 2.15 bits per heavy atom. The maximum atomic E-state index is 10.6. The Morgan fingerprint density at radius 1 is 1.54 bits per heavy atom. The number of carbonyl (C=O) groups is 1. The second-order valence-electron chi connectivity index (χ2n) is 2.66. The van der Waals surface area contributed by atoms with Gasteiger partial charge < -0.3 is 5.32 Å². The van der Waals surface area contributed by atoms with Gasteiger partial charge in [0.15, 0.2) is 0 Å². The number of hydrogen-bond donors (Lipinski definition) is 1. The number of carbonyl (C=O) groups excluding carboxylic acids is 1. The molecule has 1 amide bonds. The van der Waals surface area contributed by atoms with Gasteiger partial charge in [-0.3, -0.25) is 4.79 Å². The van der Waals surface area contributed by atoms with E-state index < -0.39 is 0 Å². The smallest absolute Gasteiger partial charge is 0.222 e. The molecule has 74 valence electrons. The van der Waals surface area contributed by atoms with E-state index in [-0.39, 0.29) is 5.91 Å². The maximum absolute atomic E-state index is 10.6. The number of nitrogens with one attached hydrogen (secondary N) is 1. The first-order chi connectivity index (χ1) is 6.18. The van der Waals surface area contributed by atoms with Gasteiger partial charge in [0.05, 0.1) is 0 Å². The lowest BCUT2D eigenvalue weighted by atomic mass is 10.2. The lowest BCUT2D eigenvalue weighted by Gasteiger charge is -2.09. The van der Waals surface area contributed by atoms with Crippen LogP contribution in [0, 0.1) is 0 Å². The molecule has 1 N–H and O–H groups in total. The fourth-order valence-corrected chi connectivity index (χ4v) is 0.984. The number of aliphatic imine (C=N–C) groups is 1. The zero-order valence-corrected chi connectivity index (χ0v) is 8.85. The van der Waals surface area contributed by atoms with Gasteiger partial charge in [0.25, 0.3) is 0 Å². The molecule has 0 bridgehead atoms. The molecule has 0 aromatic rings. The Bertz CT molecular complexity index is 229. The van der Waals surface area contributed by atoms with Crippen LogP contribution in [0.4, 0.5) is 0 Å². The Balaban J connectivity index is 0.000000671. The fourth-order valence-electron chi connectivity index (χ4n) is 0.984. The fraction of sp³-hybridized carbons (Fsp3) is 0.600. The highest BCUT2D eigenvalue weighted by Gasteiger charge is 2.03. The van der Waals surface area contributed by atoms with Crippen molar-refractivity contribution >= 4 is 11.6 Å². The van der Waals surface area contributed by atoms with Crippen molar-refractivity contribution < 1.29 is 4.79 Å². The molecule has 1 rings (SSSR count). The van der Waals surface area contributed by atoms with Gasteiger partial charge in [0, 0.05) is 12.6 Å². The van der Waals surface area contributed by atoms with Crippen LogP contribution < -0.4 is 5.32 Å². The van der Waals surface area contributed by atoms with Crippen LogP contribution in [0.15, 0.2) is 16.9 Å². The molecule has 0 saturated carbocycles. The second-order valence-corrected chi connectivity index (χ2v) is 2.66. The predicted octanol–water partition coefficient (Wildman–Crippen LogP) is 2.24. The first kappa shape index (κ1) is 11.9. The van der Waals surface area contributed by atoms with E-state index in [1.807, 2.05) is 26.8 Å². The highest BCUT2D eigenvalue weighted by Crippen LogP contribution is 2.07. The number of hydrogen-bond acceptors (Lipinski definition) is 2. The third kappa shape index (κ3) is 5.17. The van der Waals surface area contributed by atoms with Crippen molar-refractivity contribution in [3.63, 3.8) is 0 Å². The van der Waals surface area contributed by atoms with Crippen molar-refractivity contribution in [3.8, 4) is 0 Å². The summed E-state index contributed by atoms with van der Waals surface area (Å²) in [5.41, 5.74) is 1.08. The molecule has 1 heterocycles. The van der Waals surface area contributed by atoms with Gasteiger partial charge in [-0.05, 0) is 25.8 Å². The lowest BCUT2D eigenvalue weighted by Crippen LogP contribution is -2.20. The molecule has 0 unspecified atom stereocenters.